The van der Waals surface area contributed by atoms with Crippen LogP contribution in [0.25, 0.3) is 0 Å². The fourth-order valence-corrected chi connectivity index (χ4v) is 3.05. The molecule has 0 aliphatic heterocycles. The van der Waals surface area contributed by atoms with E-state index in [0.29, 0.717) is 5.75 Å². The van der Waals surface area contributed by atoms with Crippen molar-refractivity contribution >= 4 is 15.9 Å². The van der Waals surface area contributed by atoms with Gasteiger partial charge in [0.1, 0.15) is 17.3 Å². The summed E-state index contributed by atoms with van der Waals surface area (Å²) in [4.78, 5) is 11.3. The Bertz CT molecular complexity index is 628. The summed E-state index contributed by atoms with van der Waals surface area (Å²) < 4.78 is 36.9. The Labute approximate surface area is 131 Å². The number of hydrogen-bond donors (Lipinski definition) is 2. The third-order valence-electron chi connectivity index (χ3n) is 3.08. The molecule has 0 aliphatic carbocycles. The van der Waals surface area contributed by atoms with Gasteiger partial charge in [0.15, 0.2) is 0 Å². The second-order valence-electron chi connectivity index (χ2n) is 4.77. The molecular weight excluding hydrogens is 308 g/mol. The Morgan fingerprint density at radius 2 is 1.77 bits per heavy atom. The van der Waals surface area contributed by atoms with Crippen LogP contribution in [0.15, 0.2) is 17.0 Å². The van der Waals surface area contributed by atoms with Crippen LogP contribution < -0.4 is 14.8 Å². The number of carbonyl (C=O) groups excluding carboxylic acids is 1. The summed E-state index contributed by atoms with van der Waals surface area (Å²) >= 11 is 0. The van der Waals surface area contributed by atoms with Gasteiger partial charge in [-0.15, -0.1) is 0 Å². The lowest BCUT2D eigenvalue weighted by molar-refractivity contribution is -0.124. The Kier molecular flexibility index (Phi) is 6.79. The predicted octanol–water partition coefficient (Wildman–Crippen LogP) is 0.353. The average Bonchev–Trinajstić information content (AvgIpc) is 2.46. The molecule has 0 aliphatic rings. The van der Waals surface area contributed by atoms with Gasteiger partial charge in [-0.25, -0.2) is 13.1 Å². The first-order valence-corrected chi connectivity index (χ1v) is 8.20. The zero-order valence-corrected chi connectivity index (χ0v) is 14.0. The standard InChI is InChI=1S/C14H22N2O5S/c1-10-7-12(21-4)13(8-11(10)2)22(18,19)16-6-5-15-14(17)9-20-3/h7-8,16H,5-6,9H2,1-4H3,(H,15,17). The summed E-state index contributed by atoms with van der Waals surface area (Å²) in [6.45, 7) is 3.91. The van der Waals surface area contributed by atoms with E-state index in [-0.39, 0.29) is 30.5 Å². The first-order valence-electron chi connectivity index (χ1n) is 6.72. The van der Waals surface area contributed by atoms with Gasteiger partial charge >= 0.3 is 0 Å². The van der Waals surface area contributed by atoms with Crippen LogP contribution in [-0.4, -0.2) is 48.2 Å². The number of carbonyl (C=O) groups is 1. The molecule has 7 nitrogen and oxygen atoms in total. The van der Waals surface area contributed by atoms with E-state index >= 15 is 0 Å². The van der Waals surface area contributed by atoms with Gasteiger partial charge in [0.2, 0.25) is 15.9 Å². The zero-order chi connectivity index (χ0) is 16.8. The van der Waals surface area contributed by atoms with E-state index in [4.69, 9.17) is 4.74 Å². The number of methoxy groups -OCH3 is 2. The molecule has 2 N–H and O–H groups in total. The molecule has 1 amide bonds. The Morgan fingerprint density at radius 1 is 1.14 bits per heavy atom. The van der Waals surface area contributed by atoms with Crippen molar-refractivity contribution in [3.8, 4) is 5.75 Å². The number of benzene rings is 1. The van der Waals surface area contributed by atoms with Crippen LogP contribution in [0.2, 0.25) is 0 Å². The first-order chi connectivity index (χ1) is 10.3. The summed E-state index contributed by atoms with van der Waals surface area (Å²) in [6, 6.07) is 3.25. The number of rotatable bonds is 8. The molecule has 0 heterocycles. The highest BCUT2D eigenvalue weighted by Crippen LogP contribution is 2.26. The topological polar surface area (TPSA) is 93.7 Å². The highest BCUT2D eigenvalue weighted by atomic mass is 32.2. The van der Waals surface area contributed by atoms with E-state index in [1.807, 2.05) is 13.8 Å². The molecule has 0 bridgehead atoms. The van der Waals surface area contributed by atoms with Crippen LogP contribution in [0, 0.1) is 13.8 Å². The Balaban J connectivity index is 2.75. The third kappa shape index (κ3) is 4.97. The van der Waals surface area contributed by atoms with Crippen molar-refractivity contribution in [1.29, 1.82) is 0 Å². The quantitative estimate of drug-likeness (QED) is 0.671. The van der Waals surface area contributed by atoms with Crippen LogP contribution in [0.1, 0.15) is 11.1 Å². The number of nitrogens with one attached hydrogen (secondary N) is 2. The molecule has 0 saturated heterocycles. The Hall–Kier alpha value is -1.64. The van der Waals surface area contributed by atoms with Crippen molar-refractivity contribution in [2.75, 3.05) is 33.9 Å². The van der Waals surface area contributed by atoms with Crippen molar-refractivity contribution in [3.63, 3.8) is 0 Å². The molecule has 1 rings (SSSR count). The zero-order valence-electron chi connectivity index (χ0n) is 13.2. The number of ether oxygens (including phenoxy) is 2. The maximum absolute atomic E-state index is 12.3. The molecule has 0 atom stereocenters. The highest BCUT2D eigenvalue weighted by Gasteiger charge is 2.20. The molecule has 1 aromatic carbocycles. The minimum absolute atomic E-state index is 0.0578. The van der Waals surface area contributed by atoms with Crippen molar-refractivity contribution in [1.82, 2.24) is 10.0 Å². The molecule has 8 heteroatoms. The van der Waals surface area contributed by atoms with Crippen LogP contribution in [0.4, 0.5) is 0 Å². The largest absolute Gasteiger partial charge is 0.495 e. The van der Waals surface area contributed by atoms with Gasteiger partial charge in [0.25, 0.3) is 0 Å². The van der Waals surface area contributed by atoms with Crippen LogP contribution >= 0.6 is 0 Å². The number of aryl methyl sites for hydroxylation is 2. The van der Waals surface area contributed by atoms with Crippen LogP contribution in [0.3, 0.4) is 0 Å². The normalized spacial score (nSPS) is 11.3. The SMILES string of the molecule is COCC(=O)NCCNS(=O)(=O)c1cc(C)c(C)cc1OC. The van der Waals surface area contributed by atoms with Crippen molar-refractivity contribution in [2.24, 2.45) is 0 Å². The van der Waals surface area contributed by atoms with Crippen LogP contribution in [0.5, 0.6) is 5.75 Å². The van der Waals surface area contributed by atoms with Gasteiger partial charge in [0.05, 0.1) is 7.11 Å². The van der Waals surface area contributed by atoms with Crippen molar-refractivity contribution in [3.05, 3.63) is 23.3 Å². The molecule has 0 saturated carbocycles. The van der Waals surface area contributed by atoms with Crippen molar-refractivity contribution in [2.45, 2.75) is 18.7 Å². The second-order valence-corrected chi connectivity index (χ2v) is 6.50. The minimum atomic E-state index is -3.71. The highest BCUT2D eigenvalue weighted by molar-refractivity contribution is 7.89. The predicted molar refractivity (Wildman–Crippen MR) is 82.5 cm³/mol. The summed E-state index contributed by atoms with van der Waals surface area (Å²) in [7, 11) is -0.874. The molecule has 124 valence electrons. The lowest BCUT2D eigenvalue weighted by Crippen LogP contribution is -2.36. The van der Waals surface area contributed by atoms with E-state index in [2.05, 4.69) is 14.8 Å². The van der Waals surface area contributed by atoms with E-state index in [1.165, 1.54) is 14.2 Å². The number of hydrogen-bond acceptors (Lipinski definition) is 5. The fraction of sp³-hybridized carbons (Fsp3) is 0.500. The van der Waals surface area contributed by atoms with Gasteiger partial charge < -0.3 is 14.8 Å². The van der Waals surface area contributed by atoms with Gasteiger partial charge in [-0.05, 0) is 37.1 Å². The molecular formula is C14H22N2O5S. The Morgan fingerprint density at radius 3 is 2.36 bits per heavy atom. The number of amides is 1. The van der Waals surface area contributed by atoms with E-state index < -0.39 is 10.0 Å². The second kappa shape index (κ2) is 8.11. The van der Waals surface area contributed by atoms with Gasteiger partial charge in [-0.2, -0.15) is 0 Å². The average molecular weight is 330 g/mol. The summed E-state index contributed by atoms with van der Waals surface area (Å²) in [5.41, 5.74) is 1.80. The van der Waals surface area contributed by atoms with E-state index in [0.717, 1.165) is 11.1 Å². The molecule has 0 aromatic heterocycles. The maximum atomic E-state index is 12.3. The summed E-state index contributed by atoms with van der Waals surface area (Å²) in [5, 5.41) is 2.53. The third-order valence-corrected chi connectivity index (χ3v) is 4.57. The lowest BCUT2D eigenvalue weighted by Gasteiger charge is -2.13. The monoisotopic (exact) mass is 330 g/mol. The van der Waals surface area contributed by atoms with Gasteiger partial charge in [-0.3, -0.25) is 4.79 Å². The lowest BCUT2D eigenvalue weighted by atomic mass is 10.1. The molecule has 1 aromatic rings. The molecule has 0 unspecified atom stereocenters. The number of sulfonamides is 1. The summed E-state index contributed by atoms with van der Waals surface area (Å²) in [6.07, 6.45) is 0. The van der Waals surface area contributed by atoms with E-state index in [1.54, 1.807) is 12.1 Å². The molecule has 0 fully saturated rings. The molecule has 0 spiro atoms. The fourth-order valence-electron chi connectivity index (χ4n) is 1.78. The minimum Gasteiger partial charge on any atom is -0.495 e. The van der Waals surface area contributed by atoms with Crippen molar-refractivity contribution < 1.29 is 22.7 Å². The van der Waals surface area contributed by atoms with E-state index in [9.17, 15) is 13.2 Å². The van der Waals surface area contributed by atoms with Gasteiger partial charge in [0, 0.05) is 20.2 Å². The maximum Gasteiger partial charge on any atom is 0.246 e. The molecule has 0 radical (unpaired) electrons. The van der Waals surface area contributed by atoms with Gasteiger partial charge in [-0.1, -0.05) is 0 Å². The molecule has 22 heavy (non-hydrogen) atoms. The smallest absolute Gasteiger partial charge is 0.246 e. The summed E-state index contributed by atoms with van der Waals surface area (Å²) in [5.74, 6) is -0.00974. The van der Waals surface area contributed by atoms with Crippen LogP contribution in [-0.2, 0) is 19.6 Å². The first kappa shape index (κ1) is 18.4.